The van der Waals surface area contributed by atoms with Crippen molar-refractivity contribution in [2.75, 3.05) is 26.4 Å². The number of carbonyl (C=O) groups is 4. The molecular weight excluding hydrogens is 652 g/mol. The lowest BCUT2D eigenvalue weighted by Gasteiger charge is -2.32. The molecule has 0 heterocycles. The molecule has 0 aliphatic rings. The summed E-state index contributed by atoms with van der Waals surface area (Å²) < 4.78 is 33.3. The molecule has 0 saturated carbocycles. The Morgan fingerprint density at radius 1 is 0.549 bits per heavy atom. The third-order valence-corrected chi connectivity index (χ3v) is 7.92. The van der Waals surface area contributed by atoms with E-state index in [2.05, 4.69) is 93.8 Å². The Hall–Kier alpha value is -5.12. The molecule has 0 aromatic heterocycles. The predicted octanol–water partition coefficient (Wildman–Crippen LogP) is 7.02. The summed E-state index contributed by atoms with van der Waals surface area (Å²) in [5.41, 5.74) is 2.79. The Labute approximate surface area is 302 Å². The molecule has 2 rings (SSSR count). The molecule has 0 saturated heterocycles. The highest BCUT2D eigenvalue weighted by molar-refractivity contribution is 5.82. The van der Waals surface area contributed by atoms with Crippen LogP contribution >= 0.6 is 0 Å². The molecule has 0 radical (unpaired) electrons. The van der Waals surface area contributed by atoms with Gasteiger partial charge in [-0.05, 0) is 45.2 Å². The number of carbonyl (C=O) groups excluding carboxylic acids is 4. The predicted molar refractivity (Wildman–Crippen MR) is 196 cm³/mol. The molecule has 0 aliphatic heterocycles. The molecule has 51 heavy (non-hydrogen) atoms. The van der Waals surface area contributed by atoms with Crippen LogP contribution in [-0.4, -0.2) is 62.5 Å². The Morgan fingerprint density at radius 2 is 0.882 bits per heavy atom. The van der Waals surface area contributed by atoms with E-state index in [0.29, 0.717) is 11.5 Å². The first-order valence-corrected chi connectivity index (χ1v) is 16.6. The van der Waals surface area contributed by atoms with Crippen LogP contribution in [0.2, 0.25) is 0 Å². The Morgan fingerprint density at radius 3 is 1.18 bits per heavy atom. The maximum atomic E-state index is 11.9. The molecule has 0 fully saturated rings. The van der Waals surface area contributed by atoms with E-state index in [1.807, 2.05) is 24.3 Å². The summed E-state index contributed by atoms with van der Waals surface area (Å²) in [7, 11) is 0. The maximum absolute atomic E-state index is 11.9. The van der Waals surface area contributed by atoms with Gasteiger partial charge in [-0.15, -0.1) is 0 Å². The third kappa shape index (κ3) is 12.6. The van der Waals surface area contributed by atoms with Gasteiger partial charge in [0, 0.05) is 29.7 Å². The monoisotopic (exact) mass is 704 g/mol. The van der Waals surface area contributed by atoms with Crippen molar-refractivity contribution < 1.29 is 47.6 Å². The molecule has 0 aliphatic carbocycles. The van der Waals surface area contributed by atoms with Crippen molar-refractivity contribution in [1.82, 2.24) is 0 Å². The minimum absolute atomic E-state index is 0.0590. The lowest BCUT2D eigenvalue weighted by molar-refractivity contribution is -0.154. The number of ether oxygens (including phenoxy) is 6. The van der Waals surface area contributed by atoms with E-state index in [0.717, 1.165) is 46.6 Å². The number of rotatable bonds is 18. The summed E-state index contributed by atoms with van der Waals surface area (Å²) in [5.74, 6) is -1.42. The van der Waals surface area contributed by atoms with Gasteiger partial charge < -0.3 is 28.4 Å². The average molecular weight is 705 g/mol. The lowest BCUT2D eigenvalue weighted by Crippen LogP contribution is -2.31. The molecule has 2 atom stereocenters. The molecule has 2 aromatic carbocycles. The van der Waals surface area contributed by atoms with Crippen LogP contribution in [-0.2, 0) is 54.4 Å². The molecule has 276 valence electrons. The number of esters is 4. The fourth-order valence-corrected chi connectivity index (χ4v) is 4.92. The van der Waals surface area contributed by atoms with Gasteiger partial charge in [-0.25, -0.2) is 19.2 Å². The van der Waals surface area contributed by atoms with Crippen LogP contribution in [0.1, 0.15) is 77.6 Å². The molecule has 0 spiro atoms. The molecule has 10 heteroatoms. The van der Waals surface area contributed by atoms with Crippen molar-refractivity contribution in [2.45, 2.75) is 83.8 Å². The van der Waals surface area contributed by atoms with Gasteiger partial charge in [-0.2, -0.15) is 0 Å². The molecule has 0 N–H and O–H groups in total. The quantitative estimate of drug-likeness (QED) is 0.0909. The standard InChI is InChI=1S/C41H52O10/c1-13-35(42)48-25-29(50-37(44)15-3)23-46-33-19-17-27(21-31(33)39(5,6)7)41(11,12)28-18-20-34(32(22-28)40(8,9)10)47-24-30(51-38(45)16-4)26-49-36(43)14-2/h13-22,29-30H,1-4,23-26H2,5-12H3. The zero-order valence-electron chi connectivity index (χ0n) is 31.2. The highest BCUT2D eigenvalue weighted by Crippen LogP contribution is 2.41. The van der Waals surface area contributed by atoms with Gasteiger partial charge >= 0.3 is 23.9 Å². The first kappa shape index (κ1) is 42.0. The van der Waals surface area contributed by atoms with Gasteiger partial charge in [0.2, 0.25) is 0 Å². The van der Waals surface area contributed by atoms with Crippen molar-refractivity contribution in [3.8, 4) is 11.5 Å². The van der Waals surface area contributed by atoms with Crippen molar-refractivity contribution in [1.29, 1.82) is 0 Å². The first-order valence-electron chi connectivity index (χ1n) is 16.6. The Kier molecular flexibility index (Phi) is 15.0. The number of hydrogen-bond acceptors (Lipinski definition) is 10. The van der Waals surface area contributed by atoms with E-state index in [4.69, 9.17) is 28.4 Å². The number of hydrogen-bond donors (Lipinski definition) is 0. The zero-order chi connectivity index (χ0) is 38.6. The molecule has 2 unspecified atom stereocenters. The fraction of sp³-hybridized carbons (Fsp3) is 0.415. The van der Waals surface area contributed by atoms with Crippen molar-refractivity contribution in [2.24, 2.45) is 0 Å². The Bertz CT molecular complexity index is 1490. The topological polar surface area (TPSA) is 124 Å². The van der Waals surface area contributed by atoms with Gasteiger partial charge in [0.25, 0.3) is 0 Å². The van der Waals surface area contributed by atoms with E-state index in [1.54, 1.807) is 0 Å². The second-order valence-corrected chi connectivity index (χ2v) is 14.4. The van der Waals surface area contributed by atoms with E-state index in [9.17, 15) is 19.2 Å². The van der Waals surface area contributed by atoms with Gasteiger partial charge in [-0.3, -0.25) is 0 Å². The average Bonchev–Trinajstić information content (AvgIpc) is 3.08. The summed E-state index contributed by atoms with van der Waals surface area (Å²) >= 11 is 0. The first-order chi connectivity index (χ1) is 23.8. The van der Waals surface area contributed by atoms with Crippen LogP contribution in [0.4, 0.5) is 0 Å². The largest absolute Gasteiger partial charge is 0.489 e. The van der Waals surface area contributed by atoms with Gasteiger partial charge in [0.1, 0.15) is 37.9 Å². The molecule has 10 nitrogen and oxygen atoms in total. The SMILES string of the molecule is C=CC(=O)OCC(COc1ccc(C(C)(C)c2ccc(OCC(COC(=O)C=C)OC(=O)C=C)c(C(C)(C)C)c2)cc1C(C)(C)C)OC(=O)C=C. The highest BCUT2D eigenvalue weighted by atomic mass is 16.6. The van der Waals surface area contributed by atoms with Crippen LogP contribution in [0.25, 0.3) is 0 Å². The van der Waals surface area contributed by atoms with Gasteiger partial charge in [0.15, 0.2) is 12.2 Å². The lowest BCUT2D eigenvalue weighted by atomic mass is 9.73. The molecule has 0 bridgehead atoms. The van der Waals surface area contributed by atoms with Gasteiger partial charge in [-0.1, -0.05) is 106 Å². The van der Waals surface area contributed by atoms with Crippen LogP contribution in [0, 0.1) is 0 Å². The summed E-state index contributed by atoms with van der Waals surface area (Å²) in [6, 6.07) is 12.0. The minimum Gasteiger partial charge on any atom is -0.489 e. The summed E-state index contributed by atoms with van der Waals surface area (Å²) in [5, 5.41) is 0. The summed E-state index contributed by atoms with van der Waals surface area (Å²) in [4.78, 5) is 47.2. The maximum Gasteiger partial charge on any atom is 0.330 e. The molecule has 2 aromatic rings. The van der Waals surface area contributed by atoms with E-state index < -0.39 is 41.5 Å². The number of benzene rings is 2. The van der Waals surface area contributed by atoms with Crippen LogP contribution in [0.5, 0.6) is 11.5 Å². The van der Waals surface area contributed by atoms with Crippen molar-refractivity contribution in [3.63, 3.8) is 0 Å². The molecular formula is C41H52O10. The zero-order valence-corrected chi connectivity index (χ0v) is 31.2. The third-order valence-electron chi connectivity index (χ3n) is 7.92. The van der Waals surface area contributed by atoms with Crippen LogP contribution in [0.3, 0.4) is 0 Å². The fourth-order valence-electron chi connectivity index (χ4n) is 4.92. The Balaban J connectivity index is 2.45. The van der Waals surface area contributed by atoms with Crippen molar-refractivity contribution in [3.05, 3.63) is 109 Å². The van der Waals surface area contributed by atoms with E-state index >= 15 is 0 Å². The normalized spacial score (nSPS) is 12.7. The van der Waals surface area contributed by atoms with Crippen LogP contribution < -0.4 is 9.47 Å². The minimum atomic E-state index is -0.869. The second kappa shape index (κ2) is 18.2. The van der Waals surface area contributed by atoms with E-state index in [1.165, 1.54) is 0 Å². The van der Waals surface area contributed by atoms with E-state index in [-0.39, 0.29) is 37.3 Å². The summed E-state index contributed by atoms with van der Waals surface area (Å²) in [6.45, 7) is 29.8. The summed E-state index contributed by atoms with van der Waals surface area (Å²) in [6.07, 6.45) is 2.39. The van der Waals surface area contributed by atoms with Gasteiger partial charge in [0.05, 0.1) is 0 Å². The second-order valence-electron chi connectivity index (χ2n) is 14.4. The molecule has 0 amide bonds. The van der Waals surface area contributed by atoms with Crippen LogP contribution in [0.15, 0.2) is 87.0 Å². The smallest absolute Gasteiger partial charge is 0.330 e. The highest BCUT2D eigenvalue weighted by Gasteiger charge is 2.30. The van der Waals surface area contributed by atoms with Crippen molar-refractivity contribution >= 4 is 23.9 Å².